The van der Waals surface area contributed by atoms with Gasteiger partial charge in [-0.2, -0.15) is 0 Å². The van der Waals surface area contributed by atoms with E-state index >= 15 is 0 Å². The smallest absolute Gasteiger partial charge is 0.448 e. The molecule has 1 heterocycles. The van der Waals surface area contributed by atoms with Crippen LogP contribution in [-0.2, 0) is 11.2 Å². The topological polar surface area (TPSA) is 20.3 Å². The van der Waals surface area contributed by atoms with E-state index in [1.54, 1.807) is 0 Å². The number of carbonyl (C=O) groups excluding carboxylic acids is 1. The maximum atomic E-state index is 13.0. The normalized spacial score (nSPS) is 15.1. The van der Waals surface area contributed by atoms with Gasteiger partial charge in [-0.15, -0.1) is 0 Å². The SMILES string of the molecule is O=C1CCc2ccc(F)cc2N1C[B-](F)(F)F.[K+]. The molecule has 0 unspecified atom stereocenters. The molecular formula is C10H9BF4KNO. The van der Waals surface area contributed by atoms with Gasteiger partial charge in [0, 0.05) is 12.1 Å². The number of hydrogen-bond acceptors (Lipinski definition) is 1. The number of rotatable bonds is 2. The van der Waals surface area contributed by atoms with Gasteiger partial charge >= 0.3 is 58.4 Å². The van der Waals surface area contributed by atoms with Gasteiger partial charge in [0.05, 0.1) is 0 Å². The van der Waals surface area contributed by atoms with Gasteiger partial charge in [-0.3, -0.25) is 4.79 Å². The van der Waals surface area contributed by atoms with Crippen LogP contribution in [0.5, 0.6) is 0 Å². The second-order valence-corrected chi connectivity index (χ2v) is 3.99. The van der Waals surface area contributed by atoms with Crippen LogP contribution in [0.1, 0.15) is 12.0 Å². The maximum Gasteiger partial charge on any atom is 1.00 e. The number of benzene rings is 1. The Hall–Kier alpha value is 0.111. The van der Waals surface area contributed by atoms with E-state index in [0.717, 1.165) is 6.07 Å². The number of fused-ring (bicyclic) bond motifs is 1. The average molecular weight is 285 g/mol. The van der Waals surface area contributed by atoms with Gasteiger partial charge in [0.2, 0.25) is 5.91 Å². The minimum atomic E-state index is -5.12. The predicted molar refractivity (Wildman–Crippen MR) is 56.2 cm³/mol. The van der Waals surface area contributed by atoms with Gasteiger partial charge in [-0.25, -0.2) is 4.39 Å². The van der Waals surface area contributed by atoms with Gasteiger partial charge in [-0.05, 0) is 30.6 Å². The zero-order valence-corrected chi connectivity index (χ0v) is 12.9. The standard InChI is InChI=1S/C10H9BF4NO.K/c12-8-3-1-7-2-4-10(17)16(9(7)5-8)6-11(13,14)15;/h1,3,5H,2,4,6H2;/q-1;+1. The van der Waals surface area contributed by atoms with Crippen molar-refractivity contribution >= 4 is 18.6 Å². The molecule has 0 saturated carbocycles. The molecule has 0 spiro atoms. The second-order valence-electron chi connectivity index (χ2n) is 3.99. The van der Waals surface area contributed by atoms with Crippen molar-refractivity contribution in [1.29, 1.82) is 0 Å². The summed E-state index contributed by atoms with van der Waals surface area (Å²) in [5, 5.41) is 0. The summed E-state index contributed by atoms with van der Waals surface area (Å²) in [5.41, 5.74) is 0.617. The summed E-state index contributed by atoms with van der Waals surface area (Å²) < 4.78 is 50.2. The first kappa shape index (κ1) is 16.2. The molecule has 0 aliphatic carbocycles. The van der Waals surface area contributed by atoms with Crippen molar-refractivity contribution in [3.63, 3.8) is 0 Å². The fourth-order valence-corrected chi connectivity index (χ4v) is 1.92. The van der Waals surface area contributed by atoms with Crippen LogP contribution in [0.4, 0.5) is 23.0 Å². The van der Waals surface area contributed by atoms with Gasteiger partial charge in [-0.1, -0.05) is 6.07 Å². The molecule has 92 valence electrons. The summed E-state index contributed by atoms with van der Waals surface area (Å²) in [7, 11) is 0. The molecule has 2 nitrogen and oxygen atoms in total. The van der Waals surface area contributed by atoms with Crippen molar-refractivity contribution < 1.29 is 73.5 Å². The molecule has 0 bridgehead atoms. The molecule has 0 N–H and O–H groups in total. The van der Waals surface area contributed by atoms with E-state index in [2.05, 4.69) is 0 Å². The van der Waals surface area contributed by atoms with Crippen molar-refractivity contribution in [3.8, 4) is 0 Å². The van der Waals surface area contributed by atoms with Crippen LogP contribution in [-0.4, -0.2) is 19.3 Å². The number of hydrogen-bond donors (Lipinski definition) is 0. The zero-order valence-electron chi connectivity index (χ0n) is 9.80. The molecule has 1 aromatic carbocycles. The number of aryl methyl sites for hydroxylation is 1. The van der Waals surface area contributed by atoms with E-state index in [-0.39, 0.29) is 63.5 Å². The third kappa shape index (κ3) is 3.80. The number of halogens is 4. The minimum Gasteiger partial charge on any atom is -0.448 e. The maximum absolute atomic E-state index is 13.0. The molecule has 18 heavy (non-hydrogen) atoms. The van der Waals surface area contributed by atoms with Crippen molar-refractivity contribution in [3.05, 3.63) is 29.6 Å². The first-order valence-corrected chi connectivity index (χ1v) is 5.16. The van der Waals surface area contributed by atoms with E-state index in [9.17, 15) is 22.1 Å². The van der Waals surface area contributed by atoms with Crippen LogP contribution < -0.4 is 56.3 Å². The van der Waals surface area contributed by atoms with E-state index in [1.807, 2.05) is 0 Å². The Morgan fingerprint density at radius 1 is 1.22 bits per heavy atom. The predicted octanol–water partition coefficient (Wildman–Crippen LogP) is -0.504. The summed E-state index contributed by atoms with van der Waals surface area (Å²) >= 11 is 0. The van der Waals surface area contributed by atoms with E-state index in [0.29, 0.717) is 16.9 Å². The van der Waals surface area contributed by atoms with Crippen LogP contribution >= 0.6 is 0 Å². The number of amides is 1. The largest absolute Gasteiger partial charge is 1.00 e. The Morgan fingerprint density at radius 3 is 2.50 bits per heavy atom. The molecule has 2 rings (SSSR count). The van der Waals surface area contributed by atoms with E-state index in [4.69, 9.17) is 0 Å². The molecule has 1 aromatic rings. The quantitative estimate of drug-likeness (QED) is 0.530. The molecular weight excluding hydrogens is 276 g/mol. The average Bonchev–Trinajstić information content (AvgIpc) is 2.21. The molecule has 0 aromatic heterocycles. The van der Waals surface area contributed by atoms with Crippen molar-refractivity contribution in [1.82, 2.24) is 0 Å². The molecule has 1 amide bonds. The third-order valence-corrected chi connectivity index (χ3v) is 2.64. The molecule has 0 fully saturated rings. The van der Waals surface area contributed by atoms with Crippen LogP contribution in [0.25, 0.3) is 0 Å². The van der Waals surface area contributed by atoms with Crippen molar-refractivity contribution in [2.24, 2.45) is 0 Å². The minimum absolute atomic E-state index is 0. The van der Waals surface area contributed by atoms with Gasteiger partial charge < -0.3 is 17.8 Å². The summed E-state index contributed by atoms with van der Waals surface area (Å²) in [6.07, 6.45) is -0.921. The van der Waals surface area contributed by atoms with E-state index < -0.39 is 25.1 Å². The fraction of sp³-hybridized carbons (Fsp3) is 0.300. The third-order valence-electron chi connectivity index (χ3n) is 2.64. The van der Waals surface area contributed by atoms with Crippen LogP contribution in [0.3, 0.4) is 0 Å². The zero-order chi connectivity index (χ0) is 12.6. The Kier molecular flexibility index (Phi) is 5.43. The van der Waals surface area contributed by atoms with Crippen molar-refractivity contribution in [2.45, 2.75) is 12.8 Å². The van der Waals surface area contributed by atoms with Gasteiger partial charge in [0.15, 0.2) is 0 Å². The summed E-state index contributed by atoms with van der Waals surface area (Å²) in [6.45, 7) is -5.12. The van der Waals surface area contributed by atoms with E-state index in [1.165, 1.54) is 12.1 Å². The summed E-state index contributed by atoms with van der Waals surface area (Å²) in [6, 6.07) is 3.59. The number of carbonyl (C=O) groups is 1. The van der Waals surface area contributed by atoms with Crippen molar-refractivity contribution in [2.75, 3.05) is 11.3 Å². The molecule has 0 saturated heterocycles. The Bertz CT molecular complexity index is 466. The Balaban J connectivity index is 0.00000162. The Morgan fingerprint density at radius 2 is 1.89 bits per heavy atom. The molecule has 1 aliphatic heterocycles. The number of nitrogens with zero attached hydrogens (tertiary/aromatic N) is 1. The fourth-order valence-electron chi connectivity index (χ4n) is 1.92. The van der Waals surface area contributed by atoms with Crippen LogP contribution in [0.15, 0.2) is 18.2 Å². The first-order valence-electron chi connectivity index (χ1n) is 5.16. The monoisotopic (exact) mass is 285 g/mol. The number of anilines is 1. The molecule has 0 radical (unpaired) electrons. The first-order chi connectivity index (χ1) is 7.87. The molecule has 0 atom stereocenters. The Labute approximate surface area is 144 Å². The summed E-state index contributed by atoms with van der Waals surface area (Å²) in [5.74, 6) is -1.25. The van der Waals surface area contributed by atoms with Crippen LogP contribution in [0, 0.1) is 5.82 Å². The van der Waals surface area contributed by atoms with Gasteiger partial charge in [0.25, 0.3) is 0 Å². The molecule has 8 heteroatoms. The molecule has 1 aliphatic rings. The van der Waals surface area contributed by atoms with Crippen LogP contribution in [0.2, 0.25) is 0 Å². The second kappa shape index (κ2) is 6.04. The van der Waals surface area contributed by atoms with Gasteiger partial charge in [0.1, 0.15) is 5.82 Å². The summed E-state index contributed by atoms with van der Waals surface area (Å²) in [4.78, 5) is 12.1.